The summed E-state index contributed by atoms with van der Waals surface area (Å²) in [6.45, 7) is 0. The van der Waals surface area contributed by atoms with Crippen molar-refractivity contribution in [2.24, 2.45) is 0 Å². The van der Waals surface area contributed by atoms with Gasteiger partial charge in [0.2, 0.25) is 5.82 Å². The van der Waals surface area contributed by atoms with Crippen LogP contribution in [0.15, 0.2) is 12.1 Å². The van der Waals surface area contributed by atoms with E-state index in [1.165, 1.54) is 6.07 Å². The van der Waals surface area contributed by atoms with Gasteiger partial charge in [0.05, 0.1) is 28.5 Å². The number of halogens is 6. The lowest BCUT2D eigenvalue weighted by Crippen LogP contribution is -2.06. The van der Waals surface area contributed by atoms with E-state index in [1.807, 2.05) is 0 Å². The molecule has 0 saturated heterocycles. The average Bonchev–Trinajstić information content (AvgIpc) is 2.45. The molecule has 2 aromatic rings. The molecule has 0 aliphatic carbocycles. The van der Waals surface area contributed by atoms with Crippen molar-refractivity contribution in [2.45, 2.75) is 5.88 Å². The zero-order valence-electron chi connectivity index (χ0n) is 9.65. The van der Waals surface area contributed by atoms with Gasteiger partial charge in [-0.3, -0.25) is 0 Å². The van der Waals surface area contributed by atoms with Gasteiger partial charge in [0.1, 0.15) is 0 Å². The number of nitrogen functional groups attached to an aromatic ring is 1. The summed E-state index contributed by atoms with van der Waals surface area (Å²) >= 11 is 5.52. The van der Waals surface area contributed by atoms with Gasteiger partial charge < -0.3 is 5.73 Å². The largest absolute Gasteiger partial charge is 0.397 e. The number of rotatable bonds is 2. The van der Waals surface area contributed by atoms with E-state index < -0.39 is 40.3 Å². The number of alkyl halides is 1. The fraction of sp³-hybridized carbons (Fsp3) is 0.0833. The van der Waals surface area contributed by atoms with Crippen LogP contribution in [0.25, 0.3) is 11.3 Å². The molecule has 0 spiro atoms. The molecule has 0 aliphatic heterocycles. The van der Waals surface area contributed by atoms with E-state index in [2.05, 4.69) is 4.98 Å². The highest BCUT2D eigenvalue weighted by atomic mass is 35.5. The molecule has 0 saturated carbocycles. The molecule has 20 heavy (non-hydrogen) atoms. The number of pyridine rings is 1. The minimum absolute atomic E-state index is 0.0770. The second kappa shape index (κ2) is 5.24. The molecular formula is C12H6ClF5N2. The molecule has 8 heteroatoms. The number of nitrogens with zero attached hydrogens (tertiary/aromatic N) is 1. The minimum atomic E-state index is -2.23. The lowest BCUT2D eigenvalue weighted by atomic mass is 10.1. The van der Waals surface area contributed by atoms with Gasteiger partial charge in [-0.15, -0.1) is 11.6 Å². The van der Waals surface area contributed by atoms with E-state index in [0.29, 0.717) is 0 Å². The second-order valence-electron chi connectivity index (χ2n) is 3.81. The monoisotopic (exact) mass is 308 g/mol. The standard InChI is InChI=1S/C12H6ClF5N2/c13-3-6-4(19)1-2-5(20-6)7-8(14)10(16)12(18)11(17)9(7)15/h1-2H,3,19H2. The molecule has 0 atom stereocenters. The van der Waals surface area contributed by atoms with E-state index >= 15 is 0 Å². The molecule has 0 bridgehead atoms. The van der Waals surface area contributed by atoms with Crippen LogP contribution in [0.5, 0.6) is 0 Å². The summed E-state index contributed by atoms with van der Waals surface area (Å²) in [6, 6.07) is 2.27. The Balaban J connectivity index is 2.76. The molecular weight excluding hydrogens is 303 g/mol. The van der Waals surface area contributed by atoms with E-state index in [4.69, 9.17) is 17.3 Å². The molecule has 2 nitrogen and oxygen atoms in total. The lowest BCUT2D eigenvalue weighted by molar-refractivity contribution is 0.381. The van der Waals surface area contributed by atoms with Gasteiger partial charge in [-0.05, 0) is 12.1 Å². The normalized spacial score (nSPS) is 10.9. The third kappa shape index (κ3) is 2.18. The number of nitrogens with two attached hydrogens (primary N) is 1. The van der Waals surface area contributed by atoms with Gasteiger partial charge in [-0.1, -0.05) is 0 Å². The minimum Gasteiger partial charge on any atom is -0.397 e. The average molecular weight is 309 g/mol. The van der Waals surface area contributed by atoms with Crippen molar-refractivity contribution in [1.82, 2.24) is 4.98 Å². The highest BCUT2D eigenvalue weighted by Crippen LogP contribution is 2.31. The van der Waals surface area contributed by atoms with E-state index in [-0.39, 0.29) is 17.3 Å². The second-order valence-corrected chi connectivity index (χ2v) is 4.08. The number of aromatic nitrogens is 1. The number of benzene rings is 1. The van der Waals surface area contributed by atoms with Crippen LogP contribution in [-0.2, 0) is 5.88 Å². The fourth-order valence-corrected chi connectivity index (χ4v) is 1.80. The molecule has 0 radical (unpaired) electrons. The van der Waals surface area contributed by atoms with Crippen LogP contribution < -0.4 is 5.73 Å². The van der Waals surface area contributed by atoms with Crippen LogP contribution in [0, 0.1) is 29.1 Å². The maximum absolute atomic E-state index is 13.6. The van der Waals surface area contributed by atoms with Gasteiger partial charge in [-0.25, -0.2) is 26.9 Å². The van der Waals surface area contributed by atoms with Crippen LogP contribution in [-0.4, -0.2) is 4.98 Å². The number of hydrogen-bond acceptors (Lipinski definition) is 2. The Morgan fingerprint density at radius 2 is 1.40 bits per heavy atom. The smallest absolute Gasteiger partial charge is 0.200 e. The first-order valence-electron chi connectivity index (χ1n) is 5.21. The highest BCUT2D eigenvalue weighted by molar-refractivity contribution is 6.17. The third-order valence-corrected chi connectivity index (χ3v) is 2.86. The Labute approximate surface area is 115 Å². The highest BCUT2D eigenvalue weighted by Gasteiger charge is 2.27. The summed E-state index contributed by atoms with van der Waals surface area (Å²) in [5.74, 6) is -10.4. The van der Waals surface area contributed by atoms with Gasteiger partial charge in [0.15, 0.2) is 23.3 Å². The van der Waals surface area contributed by atoms with E-state index in [9.17, 15) is 22.0 Å². The first-order chi connectivity index (χ1) is 9.38. The molecule has 1 heterocycles. The van der Waals surface area contributed by atoms with Crippen molar-refractivity contribution in [2.75, 3.05) is 5.73 Å². The van der Waals surface area contributed by atoms with Gasteiger partial charge in [0.25, 0.3) is 0 Å². The van der Waals surface area contributed by atoms with Gasteiger partial charge >= 0.3 is 0 Å². The molecule has 0 amide bonds. The van der Waals surface area contributed by atoms with Crippen molar-refractivity contribution < 1.29 is 22.0 Å². The van der Waals surface area contributed by atoms with Crippen molar-refractivity contribution in [3.05, 3.63) is 46.9 Å². The van der Waals surface area contributed by atoms with Crippen LogP contribution in [0.4, 0.5) is 27.6 Å². The maximum atomic E-state index is 13.6. The van der Waals surface area contributed by atoms with Crippen molar-refractivity contribution >= 4 is 17.3 Å². The molecule has 1 aromatic carbocycles. The summed E-state index contributed by atoms with van der Waals surface area (Å²) in [5, 5.41) is 0. The molecule has 0 unspecified atom stereocenters. The quantitative estimate of drug-likeness (QED) is 0.397. The van der Waals surface area contributed by atoms with Crippen molar-refractivity contribution in [3.63, 3.8) is 0 Å². The molecule has 0 aliphatic rings. The Morgan fingerprint density at radius 1 is 0.900 bits per heavy atom. The zero-order valence-corrected chi connectivity index (χ0v) is 10.4. The van der Waals surface area contributed by atoms with Crippen LogP contribution in [0.2, 0.25) is 0 Å². The molecule has 2 N–H and O–H groups in total. The third-order valence-electron chi connectivity index (χ3n) is 2.60. The fourth-order valence-electron chi connectivity index (χ4n) is 1.59. The summed E-state index contributed by atoms with van der Waals surface area (Å²) in [5.41, 5.74) is 4.16. The summed E-state index contributed by atoms with van der Waals surface area (Å²) < 4.78 is 66.4. The molecule has 0 fully saturated rings. The number of hydrogen-bond donors (Lipinski definition) is 1. The molecule has 106 valence electrons. The van der Waals surface area contributed by atoms with Gasteiger partial charge in [-0.2, -0.15) is 0 Å². The van der Waals surface area contributed by atoms with Crippen molar-refractivity contribution in [1.29, 1.82) is 0 Å². The molecule has 2 rings (SSSR count). The summed E-state index contributed by atoms with van der Waals surface area (Å²) in [7, 11) is 0. The Morgan fingerprint density at radius 3 is 1.90 bits per heavy atom. The first kappa shape index (κ1) is 14.5. The topological polar surface area (TPSA) is 38.9 Å². The van der Waals surface area contributed by atoms with Crippen LogP contribution in [0.3, 0.4) is 0 Å². The SMILES string of the molecule is Nc1ccc(-c2c(F)c(F)c(F)c(F)c2F)nc1CCl. The van der Waals surface area contributed by atoms with Crippen molar-refractivity contribution in [3.8, 4) is 11.3 Å². The van der Waals surface area contributed by atoms with Crippen LogP contribution >= 0.6 is 11.6 Å². The summed E-state index contributed by atoms with van der Waals surface area (Å²) in [4.78, 5) is 3.70. The predicted molar refractivity (Wildman–Crippen MR) is 63.4 cm³/mol. The van der Waals surface area contributed by atoms with Crippen LogP contribution in [0.1, 0.15) is 5.69 Å². The maximum Gasteiger partial charge on any atom is 0.200 e. The Kier molecular flexibility index (Phi) is 3.80. The zero-order chi connectivity index (χ0) is 15.0. The number of anilines is 1. The van der Waals surface area contributed by atoms with E-state index in [0.717, 1.165) is 6.07 Å². The summed E-state index contributed by atoms with van der Waals surface area (Å²) in [6.07, 6.45) is 0. The van der Waals surface area contributed by atoms with Gasteiger partial charge in [0, 0.05) is 0 Å². The molecule has 1 aromatic heterocycles. The predicted octanol–water partition coefficient (Wildman–Crippen LogP) is 3.77. The lowest BCUT2D eigenvalue weighted by Gasteiger charge is -2.09. The Bertz CT molecular complexity index is 661. The first-order valence-corrected chi connectivity index (χ1v) is 5.75. The Hall–Kier alpha value is -1.89. The van der Waals surface area contributed by atoms with E-state index in [1.54, 1.807) is 0 Å².